The highest BCUT2D eigenvalue weighted by Crippen LogP contribution is 2.22. The van der Waals surface area contributed by atoms with Crippen molar-refractivity contribution in [3.05, 3.63) is 70.8 Å². The Morgan fingerprint density at radius 1 is 0.731 bits per heavy atom. The maximum atomic E-state index is 13.0. The van der Waals surface area contributed by atoms with Gasteiger partial charge in [0.1, 0.15) is 0 Å². The molecule has 0 spiro atoms. The molecule has 4 nitrogen and oxygen atoms in total. The monoisotopic (exact) mass is 350 g/mol. The molecule has 0 saturated carbocycles. The fraction of sp³-hybridized carbons (Fsp3) is 0.364. The van der Waals surface area contributed by atoms with Crippen LogP contribution in [0.25, 0.3) is 0 Å². The predicted octanol–water partition coefficient (Wildman–Crippen LogP) is 3.68. The lowest BCUT2D eigenvalue weighted by Gasteiger charge is -2.44. The Bertz CT molecular complexity index is 761. The predicted molar refractivity (Wildman–Crippen MR) is 103 cm³/mol. The third-order valence-electron chi connectivity index (χ3n) is 5.26. The topological polar surface area (TPSA) is 40.6 Å². The summed E-state index contributed by atoms with van der Waals surface area (Å²) in [7, 11) is 0. The quantitative estimate of drug-likeness (QED) is 0.829. The van der Waals surface area contributed by atoms with Crippen molar-refractivity contribution in [1.82, 2.24) is 9.80 Å². The van der Waals surface area contributed by atoms with Crippen molar-refractivity contribution in [2.75, 3.05) is 13.1 Å². The van der Waals surface area contributed by atoms with E-state index in [-0.39, 0.29) is 23.9 Å². The lowest BCUT2D eigenvalue weighted by atomic mass is 10.0. The SMILES string of the molecule is Cc1ccccc1C(=O)N1C[C@H](C)N(C(=O)c2ccccc2C)C[C@H]1C. The largest absolute Gasteiger partial charge is 0.332 e. The molecule has 1 fully saturated rings. The number of amides is 2. The molecule has 2 aromatic rings. The molecule has 26 heavy (non-hydrogen) atoms. The Morgan fingerprint density at radius 3 is 1.42 bits per heavy atom. The molecule has 0 bridgehead atoms. The second-order valence-electron chi connectivity index (χ2n) is 7.24. The molecule has 0 aliphatic carbocycles. The number of rotatable bonds is 2. The first-order chi connectivity index (χ1) is 12.4. The van der Waals surface area contributed by atoms with Crippen molar-refractivity contribution in [2.24, 2.45) is 0 Å². The van der Waals surface area contributed by atoms with Gasteiger partial charge in [0.2, 0.25) is 0 Å². The van der Waals surface area contributed by atoms with Gasteiger partial charge in [-0.25, -0.2) is 0 Å². The molecule has 1 saturated heterocycles. The molecule has 136 valence electrons. The lowest BCUT2D eigenvalue weighted by Crippen LogP contribution is -2.59. The number of carbonyl (C=O) groups excluding carboxylic acids is 2. The number of hydrogen-bond acceptors (Lipinski definition) is 2. The molecular formula is C22H26N2O2. The Hall–Kier alpha value is -2.62. The van der Waals surface area contributed by atoms with Crippen molar-refractivity contribution >= 4 is 11.8 Å². The molecule has 0 N–H and O–H groups in total. The number of aryl methyl sites for hydroxylation is 2. The molecule has 1 aliphatic rings. The summed E-state index contributed by atoms with van der Waals surface area (Å²) < 4.78 is 0. The first-order valence-corrected chi connectivity index (χ1v) is 9.13. The summed E-state index contributed by atoms with van der Waals surface area (Å²) in [4.78, 5) is 29.8. The molecular weight excluding hydrogens is 324 g/mol. The van der Waals surface area contributed by atoms with Crippen LogP contribution in [0.15, 0.2) is 48.5 Å². The van der Waals surface area contributed by atoms with Crippen molar-refractivity contribution in [1.29, 1.82) is 0 Å². The highest BCUT2D eigenvalue weighted by molar-refractivity contribution is 5.97. The molecule has 3 rings (SSSR count). The van der Waals surface area contributed by atoms with E-state index in [1.165, 1.54) is 0 Å². The molecule has 1 aliphatic heterocycles. The lowest BCUT2D eigenvalue weighted by molar-refractivity contribution is 0.0269. The van der Waals surface area contributed by atoms with Gasteiger partial charge in [0, 0.05) is 36.3 Å². The summed E-state index contributed by atoms with van der Waals surface area (Å²) >= 11 is 0. The van der Waals surface area contributed by atoms with Crippen LogP contribution < -0.4 is 0 Å². The van der Waals surface area contributed by atoms with Crippen molar-refractivity contribution in [3.8, 4) is 0 Å². The third-order valence-corrected chi connectivity index (χ3v) is 5.26. The smallest absolute Gasteiger partial charge is 0.254 e. The Balaban J connectivity index is 1.79. The molecule has 2 aromatic carbocycles. The van der Waals surface area contributed by atoms with Crippen LogP contribution in [0, 0.1) is 13.8 Å². The van der Waals surface area contributed by atoms with Gasteiger partial charge in [-0.3, -0.25) is 9.59 Å². The van der Waals surface area contributed by atoms with E-state index >= 15 is 0 Å². The zero-order valence-electron chi connectivity index (χ0n) is 15.9. The minimum Gasteiger partial charge on any atom is -0.332 e. The standard InChI is InChI=1S/C22H26N2O2/c1-15-9-5-7-11-19(15)21(25)23-13-18(4)24(14-17(23)3)22(26)20-12-8-6-10-16(20)2/h5-12,17-18H,13-14H2,1-4H3/t17-,18+. The van der Waals surface area contributed by atoms with Gasteiger partial charge in [-0.05, 0) is 51.0 Å². The van der Waals surface area contributed by atoms with Gasteiger partial charge in [0.15, 0.2) is 0 Å². The van der Waals surface area contributed by atoms with Gasteiger partial charge in [-0.15, -0.1) is 0 Å². The van der Waals surface area contributed by atoms with Gasteiger partial charge in [0.25, 0.3) is 11.8 Å². The van der Waals surface area contributed by atoms with E-state index in [2.05, 4.69) is 0 Å². The van der Waals surface area contributed by atoms with Gasteiger partial charge in [-0.2, -0.15) is 0 Å². The molecule has 2 atom stereocenters. The van der Waals surface area contributed by atoms with Gasteiger partial charge < -0.3 is 9.80 Å². The second kappa shape index (κ2) is 7.32. The average molecular weight is 350 g/mol. The van der Waals surface area contributed by atoms with E-state index in [4.69, 9.17) is 0 Å². The molecule has 2 amide bonds. The zero-order valence-corrected chi connectivity index (χ0v) is 15.9. The number of carbonyl (C=O) groups is 2. The molecule has 0 aromatic heterocycles. The van der Waals surface area contributed by atoms with Gasteiger partial charge in [-0.1, -0.05) is 36.4 Å². The van der Waals surface area contributed by atoms with E-state index in [0.717, 1.165) is 22.3 Å². The fourth-order valence-corrected chi connectivity index (χ4v) is 3.63. The minimum atomic E-state index is -0.0220. The van der Waals surface area contributed by atoms with Crippen LogP contribution in [0.1, 0.15) is 45.7 Å². The summed E-state index contributed by atoms with van der Waals surface area (Å²) in [5.41, 5.74) is 3.45. The van der Waals surface area contributed by atoms with Crippen molar-refractivity contribution in [2.45, 2.75) is 39.8 Å². The van der Waals surface area contributed by atoms with E-state index in [1.807, 2.05) is 86.0 Å². The molecule has 0 radical (unpaired) electrons. The van der Waals surface area contributed by atoms with Crippen LogP contribution >= 0.6 is 0 Å². The molecule has 4 heteroatoms. The number of benzene rings is 2. The fourth-order valence-electron chi connectivity index (χ4n) is 3.63. The van der Waals surface area contributed by atoms with Crippen LogP contribution in [0.3, 0.4) is 0 Å². The maximum absolute atomic E-state index is 13.0. The van der Waals surface area contributed by atoms with E-state index in [9.17, 15) is 9.59 Å². The normalized spacial score (nSPS) is 20.2. The summed E-state index contributed by atoms with van der Waals surface area (Å²) in [6.45, 7) is 9.04. The van der Waals surface area contributed by atoms with Gasteiger partial charge in [0.05, 0.1) is 0 Å². The first-order valence-electron chi connectivity index (χ1n) is 9.13. The van der Waals surface area contributed by atoms with Gasteiger partial charge >= 0.3 is 0 Å². The zero-order chi connectivity index (χ0) is 18.8. The Labute approximate surface area is 155 Å². The molecule has 0 unspecified atom stereocenters. The van der Waals surface area contributed by atoms with Crippen LogP contribution in [-0.4, -0.2) is 46.8 Å². The minimum absolute atomic E-state index is 0.0220. The van der Waals surface area contributed by atoms with Crippen LogP contribution in [0.4, 0.5) is 0 Å². The second-order valence-corrected chi connectivity index (χ2v) is 7.24. The highest BCUT2D eigenvalue weighted by Gasteiger charge is 2.35. The van der Waals surface area contributed by atoms with Crippen molar-refractivity contribution in [3.63, 3.8) is 0 Å². The summed E-state index contributed by atoms with van der Waals surface area (Å²) in [6, 6.07) is 15.3. The van der Waals surface area contributed by atoms with E-state index in [0.29, 0.717) is 13.1 Å². The summed E-state index contributed by atoms with van der Waals surface area (Å²) in [5.74, 6) is 0.0934. The summed E-state index contributed by atoms with van der Waals surface area (Å²) in [6.07, 6.45) is 0. The van der Waals surface area contributed by atoms with E-state index < -0.39 is 0 Å². The maximum Gasteiger partial charge on any atom is 0.254 e. The molecule has 1 heterocycles. The highest BCUT2D eigenvalue weighted by atomic mass is 16.2. The number of nitrogens with zero attached hydrogens (tertiary/aromatic N) is 2. The van der Waals surface area contributed by atoms with Crippen molar-refractivity contribution < 1.29 is 9.59 Å². The van der Waals surface area contributed by atoms with Crippen LogP contribution in [0.2, 0.25) is 0 Å². The van der Waals surface area contributed by atoms with Crippen LogP contribution in [-0.2, 0) is 0 Å². The number of piperazine rings is 1. The average Bonchev–Trinajstić information content (AvgIpc) is 2.63. The first kappa shape index (κ1) is 18.2. The Kier molecular flexibility index (Phi) is 5.12. The Morgan fingerprint density at radius 2 is 1.08 bits per heavy atom. The summed E-state index contributed by atoms with van der Waals surface area (Å²) in [5, 5.41) is 0. The third kappa shape index (κ3) is 3.36. The number of hydrogen-bond donors (Lipinski definition) is 0. The van der Waals surface area contributed by atoms with Crippen LogP contribution in [0.5, 0.6) is 0 Å². The van der Waals surface area contributed by atoms with E-state index in [1.54, 1.807) is 0 Å².